The molecule has 1 fully saturated rings. The van der Waals surface area contributed by atoms with Crippen molar-refractivity contribution in [1.29, 1.82) is 0 Å². The Morgan fingerprint density at radius 1 is 1.20 bits per heavy atom. The van der Waals surface area contributed by atoms with Crippen LogP contribution < -0.4 is 5.32 Å². The lowest BCUT2D eigenvalue weighted by Crippen LogP contribution is -2.32. The summed E-state index contributed by atoms with van der Waals surface area (Å²) < 4.78 is 27.5. The Bertz CT molecular complexity index is 602. The summed E-state index contributed by atoms with van der Waals surface area (Å²) in [6.07, 6.45) is 0.795. The van der Waals surface area contributed by atoms with Crippen LogP contribution in [-0.2, 0) is 23.0 Å². The number of sulfonamides is 1. The minimum Gasteiger partial charge on any atom is -0.312 e. The number of benzene rings is 1. The van der Waals surface area contributed by atoms with E-state index in [9.17, 15) is 8.42 Å². The monoisotopic (exact) mass is 294 g/mol. The van der Waals surface area contributed by atoms with E-state index in [1.165, 1.54) is 0 Å². The van der Waals surface area contributed by atoms with E-state index in [0.717, 1.165) is 30.6 Å². The number of hydrogen-bond acceptors (Lipinski definition) is 3. The minimum absolute atomic E-state index is 0.436. The van der Waals surface area contributed by atoms with Crippen LogP contribution in [0.5, 0.6) is 0 Å². The molecule has 0 aliphatic carbocycles. The Hall–Kier alpha value is -0.910. The maximum absolute atomic E-state index is 12.9. The first kappa shape index (κ1) is 14.0. The Balaban J connectivity index is 2.00. The molecule has 1 aromatic rings. The second-order valence-electron chi connectivity index (χ2n) is 6.10. The normalized spacial score (nSPS) is 27.5. The Morgan fingerprint density at radius 3 is 2.60 bits per heavy atom. The third-order valence-corrected chi connectivity index (χ3v) is 6.59. The van der Waals surface area contributed by atoms with Gasteiger partial charge in [-0.25, -0.2) is 8.42 Å². The molecule has 1 saturated heterocycles. The van der Waals surface area contributed by atoms with Crippen molar-refractivity contribution in [1.82, 2.24) is 9.62 Å². The number of nitrogens with zero attached hydrogens (tertiary/aromatic N) is 1. The van der Waals surface area contributed by atoms with Crippen LogP contribution in [0.15, 0.2) is 23.1 Å². The van der Waals surface area contributed by atoms with Crippen LogP contribution in [0.25, 0.3) is 0 Å². The molecule has 2 heterocycles. The van der Waals surface area contributed by atoms with Gasteiger partial charge >= 0.3 is 0 Å². The smallest absolute Gasteiger partial charge is 0.243 e. The van der Waals surface area contributed by atoms with Gasteiger partial charge in [-0.05, 0) is 42.0 Å². The summed E-state index contributed by atoms with van der Waals surface area (Å²) in [5.41, 5.74) is 2.14. The third kappa shape index (κ3) is 2.28. The molecule has 0 bridgehead atoms. The van der Waals surface area contributed by atoms with E-state index < -0.39 is 10.0 Å². The van der Waals surface area contributed by atoms with E-state index >= 15 is 0 Å². The first-order valence-electron chi connectivity index (χ1n) is 7.32. The first-order valence-corrected chi connectivity index (χ1v) is 8.76. The van der Waals surface area contributed by atoms with E-state index in [1.54, 1.807) is 10.4 Å². The molecule has 4 nitrogen and oxygen atoms in total. The molecule has 20 heavy (non-hydrogen) atoms. The SMILES string of the molecule is CC1CN(S(=O)(=O)c2cccc3c2CCNC3)CC1C. The van der Waals surface area contributed by atoms with Gasteiger partial charge in [-0.2, -0.15) is 4.31 Å². The maximum atomic E-state index is 12.9. The Morgan fingerprint density at radius 2 is 1.90 bits per heavy atom. The van der Waals surface area contributed by atoms with Crippen molar-refractivity contribution in [3.63, 3.8) is 0 Å². The maximum Gasteiger partial charge on any atom is 0.243 e. The van der Waals surface area contributed by atoms with Crippen molar-refractivity contribution in [3.8, 4) is 0 Å². The number of hydrogen-bond donors (Lipinski definition) is 1. The highest BCUT2D eigenvalue weighted by atomic mass is 32.2. The van der Waals surface area contributed by atoms with Crippen LogP contribution in [0.4, 0.5) is 0 Å². The number of rotatable bonds is 2. The van der Waals surface area contributed by atoms with Crippen LogP contribution >= 0.6 is 0 Å². The first-order chi connectivity index (χ1) is 9.50. The van der Waals surface area contributed by atoms with Gasteiger partial charge in [-0.1, -0.05) is 26.0 Å². The molecule has 0 aromatic heterocycles. The lowest BCUT2D eigenvalue weighted by Gasteiger charge is -2.23. The summed E-state index contributed by atoms with van der Waals surface area (Å²) in [4.78, 5) is 0.526. The molecule has 110 valence electrons. The molecular weight excluding hydrogens is 272 g/mol. The zero-order chi connectivity index (χ0) is 14.3. The van der Waals surface area contributed by atoms with E-state index in [4.69, 9.17) is 0 Å². The van der Waals surface area contributed by atoms with Crippen LogP contribution in [0.3, 0.4) is 0 Å². The van der Waals surface area contributed by atoms with Gasteiger partial charge in [-0.15, -0.1) is 0 Å². The van der Waals surface area contributed by atoms with Crippen molar-refractivity contribution in [2.45, 2.75) is 31.7 Å². The molecule has 0 amide bonds. The van der Waals surface area contributed by atoms with Gasteiger partial charge in [-0.3, -0.25) is 0 Å². The molecule has 1 N–H and O–H groups in total. The summed E-state index contributed by atoms with van der Waals surface area (Å²) in [5.74, 6) is 0.872. The van der Waals surface area contributed by atoms with Crippen molar-refractivity contribution in [2.24, 2.45) is 11.8 Å². The van der Waals surface area contributed by atoms with Gasteiger partial charge in [0, 0.05) is 19.6 Å². The van der Waals surface area contributed by atoms with Gasteiger partial charge in [0.2, 0.25) is 10.0 Å². The third-order valence-electron chi connectivity index (χ3n) is 4.67. The average molecular weight is 294 g/mol. The molecule has 2 aliphatic heterocycles. The largest absolute Gasteiger partial charge is 0.312 e. The molecule has 0 spiro atoms. The van der Waals surface area contributed by atoms with Crippen LogP contribution in [0.1, 0.15) is 25.0 Å². The topological polar surface area (TPSA) is 49.4 Å². The molecule has 0 saturated carbocycles. The summed E-state index contributed by atoms with van der Waals surface area (Å²) >= 11 is 0. The highest BCUT2D eigenvalue weighted by Gasteiger charge is 2.36. The molecular formula is C15H22N2O2S. The van der Waals surface area contributed by atoms with E-state index in [-0.39, 0.29) is 0 Å². The van der Waals surface area contributed by atoms with Crippen molar-refractivity contribution in [2.75, 3.05) is 19.6 Å². The number of fused-ring (bicyclic) bond motifs is 1. The molecule has 2 aliphatic rings. The van der Waals surface area contributed by atoms with Gasteiger partial charge in [0.1, 0.15) is 0 Å². The molecule has 3 rings (SSSR count). The second kappa shape index (κ2) is 5.13. The Labute approximate surface area is 121 Å². The van der Waals surface area contributed by atoms with Crippen molar-refractivity contribution in [3.05, 3.63) is 29.3 Å². The lowest BCUT2D eigenvalue weighted by atomic mass is 10.0. The van der Waals surface area contributed by atoms with Gasteiger partial charge < -0.3 is 5.32 Å². The predicted molar refractivity (Wildman–Crippen MR) is 78.9 cm³/mol. The van der Waals surface area contributed by atoms with E-state index in [0.29, 0.717) is 29.8 Å². The van der Waals surface area contributed by atoms with Crippen LogP contribution in [-0.4, -0.2) is 32.4 Å². The number of nitrogens with one attached hydrogen (secondary N) is 1. The lowest BCUT2D eigenvalue weighted by molar-refractivity contribution is 0.461. The fourth-order valence-electron chi connectivity index (χ4n) is 3.15. The van der Waals surface area contributed by atoms with E-state index in [1.807, 2.05) is 12.1 Å². The molecule has 5 heteroatoms. The van der Waals surface area contributed by atoms with Crippen molar-refractivity contribution >= 4 is 10.0 Å². The standard InChI is InChI=1S/C15H22N2O2S/c1-11-9-17(10-12(11)2)20(18,19)15-5-3-4-13-8-16-7-6-14(13)15/h3-5,11-12,16H,6-10H2,1-2H3. The minimum atomic E-state index is -3.34. The Kier molecular flexibility index (Phi) is 3.60. The highest BCUT2D eigenvalue weighted by Crippen LogP contribution is 2.31. The molecule has 2 unspecified atom stereocenters. The molecule has 1 aromatic carbocycles. The van der Waals surface area contributed by atoms with Gasteiger partial charge in [0.05, 0.1) is 4.90 Å². The zero-order valence-electron chi connectivity index (χ0n) is 12.1. The van der Waals surface area contributed by atoms with Crippen molar-refractivity contribution < 1.29 is 8.42 Å². The predicted octanol–water partition coefficient (Wildman–Crippen LogP) is 1.61. The second-order valence-corrected chi connectivity index (χ2v) is 8.00. The summed E-state index contributed by atoms with van der Waals surface area (Å²) in [5, 5.41) is 3.29. The summed E-state index contributed by atoms with van der Waals surface area (Å²) in [6.45, 7) is 7.17. The molecule has 2 atom stereocenters. The fourth-order valence-corrected chi connectivity index (χ4v) is 5.09. The van der Waals surface area contributed by atoms with Gasteiger partial charge in [0.25, 0.3) is 0 Å². The summed E-state index contributed by atoms with van der Waals surface area (Å²) in [7, 11) is -3.34. The average Bonchev–Trinajstić information content (AvgIpc) is 2.79. The zero-order valence-corrected chi connectivity index (χ0v) is 12.9. The molecule has 0 radical (unpaired) electrons. The van der Waals surface area contributed by atoms with E-state index in [2.05, 4.69) is 19.2 Å². The van der Waals surface area contributed by atoms with Crippen LogP contribution in [0.2, 0.25) is 0 Å². The van der Waals surface area contributed by atoms with Gasteiger partial charge in [0.15, 0.2) is 0 Å². The summed E-state index contributed by atoms with van der Waals surface area (Å²) in [6, 6.07) is 5.66. The van der Waals surface area contributed by atoms with Crippen LogP contribution in [0, 0.1) is 11.8 Å². The quantitative estimate of drug-likeness (QED) is 0.901. The fraction of sp³-hybridized carbons (Fsp3) is 0.600. The highest BCUT2D eigenvalue weighted by molar-refractivity contribution is 7.89.